The summed E-state index contributed by atoms with van der Waals surface area (Å²) in [6.07, 6.45) is 0. The first-order valence-electron chi connectivity index (χ1n) is 9.49. The molecule has 0 saturated heterocycles. The molecule has 1 heterocycles. The lowest BCUT2D eigenvalue weighted by Gasteiger charge is -2.41. The molecule has 2 atom stereocenters. The summed E-state index contributed by atoms with van der Waals surface area (Å²) in [6.45, 7) is -0.0252. The van der Waals surface area contributed by atoms with Crippen molar-refractivity contribution < 1.29 is 24.2 Å². The van der Waals surface area contributed by atoms with E-state index in [-0.39, 0.29) is 12.2 Å². The molecule has 2 N–H and O–H groups in total. The normalized spacial score (nSPS) is 19.5. The van der Waals surface area contributed by atoms with Crippen molar-refractivity contribution in [2.75, 3.05) is 12.4 Å². The van der Waals surface area contributed by atoms with Crippen LogP contribution in [0.1, 0.15) is 16.7 Å². The summed E-state index contributed by atoms with van der Waals surface area (Å²) in [5, 5.41) is 14.6. The zero-order chi connectivity index (χ0) is 21.2. The topological polar surface area (TPSA) is 84.9 Å². The van der Waals surface area contributed by atoms with Crippen LogP contribution in [0.25, 0.3) is 0 Å². The Balaban J connectivity index is 1.95. The number of carbonyl (C=O) groups excluding carboxylic acids is 2. The standard InChI is InChI=1S/C24H21NO5/c1-29-22(27)24(18-12-6-3-7-13-18,30-16-17-10-4-2-5-11-17)23(28)19-14-8-9-15-20(19)25-21(23)26/h2-15,28H,16H2,1H3,(H,25,26)/t23-,24+/m1/s1. The van der Waals surface area contributed by atoms with Gasteiger partial charge in [-0.15, -0.1) is 0 Å². The monoisotopic (exact) mass is 403 g/mol. The van der Waals surface area contributed by atoms with Gasteiger partial charge in [-0.1, -0.05) is 78.9 Å². The second-order valence-electron chi connectivity index (χ2n) is 7.02. The SMILES string of the molecule is COC(=O)[C@@](OCc1ccccc1)(c1ccccc1)[C@]1(O)C(=O)Nc2ccccc21. The number of carbonyl (C=O) groups is 2. The van der Waals surface area contributed by atoms with Crippen LogP contribution >= 0.6 is 0 Å². The minimum atomic E-state index is -2.34. The maximum absolute atomic E-state index is 13.3. The Kier molecular flexibility index (Phi) is 5.11. The Morgan fingerprint density at radius 1 is 0.967 bits per heavy atom. The second kappa shape index (κ2) is 7.74. The van der Waals surface area contributed by atoms with E-state index in [0.29, 0.717) is 11.3 Å². The van der Waals surface area contributed by atoms with Gasteiger partial charge in [0.2, 0.25) is 11.2 Å². The van der Waals surface area contributed by atoms with E-state index in [1.165, 1.54) is 7.11 Å². The van der Waals surface area contributed by atoms with Gasteiger partial charge in [0, 0.05) is 11.3 Å². The van der Waals surface area contributed by atoms with Crippen molar-refractivity contribution in [3.63, 3.8) is 0 Å². The lowest BCUT2D eigenvalue weighted by atomic mass is 9.73. The summed E-state index contributed by atoms with van der Waals surface area (Å²) >= 11 is 0. The van der Waals surface area contributed by atoms with E-state index >= 15 is 0 Å². The molecule has 1 aliphatic rings. The molecule has 0 unspecified atom stereocenters. The number of hydrogen-bond donors (Lipinski definition) is 2. The van der Waals surface area contributed by atoms with Gasteiger partial charge >= 0.3 is 5.97 Å². The van der Waals surface area contributed by atoms with Crippen molar-refractivity contribution in [1.29, 1.82) is 0 Å². The van der Waals surface area contributed by atoms with Gasteiger partial charge in [-0.3, -0.25) is 4.79 Å². The summed E-state index contributed by atoms with van der Waals surface area (Å²) in [5.41, 5.74) is -2.73. The van der Waals surface area contributed by atoms with E-state index in [1.807, 2.05) is 30.3 Å². The van der Waals surface area contributed by atoms with Gasteiger partial charge in [0.1, 0.15) is 0 Å². The zero-order valence-corrected chi connectivity index (χ0v) is 16.4. The Hall–Kier alpha value is -3.48. The Morgan fingerprint density at radius 2 is 1.57 bits per heavy atom. The fourth-order valence-electron chi connectivity index (χ4n) is 3.90. The summed E-state index contributed by atoms with van der Waals surface area (Å²) in [7, 11) is 1.20. The van der Waals surface area contributed by atoms with E-state index < -0.39 is 23.1 Å². The number of hydrogen-bond acceptors (Lipinski definition) is 5. The number of para-hydroxylation sites is 1. The van der Waals surface area contributed by atoms with Crippen LogP contribution in [-0.4, -0.2) is 24.1 Å². The van der Waals surface area contributed by atoms with Crippen LogP contribution < -0.4 is 5.32 Å². The largest absolute Gasteiger partial charge is 0.467 e. The highest BCUT2D eigenvalue weighted by molar-refractivity contribution is 6.09. The number of nitrogens with one attached hydrogen (secondary N) is 1. The number of aliphatic hydroxyl groups is 1. The summed E-state index contributed by atoms with van der Waals surface area (Å²) in [4.78, 5) is 26.5. The van der Waals surface area contributed by atoms with Crippen LogP contribution in [0.5, 0.6) is 0 Å². The van der Waals surface area contributed by atoms with Crippen LogP contribution in [0, 0.1) is 0 Å². The molecule has 1 aliphatic heterocycles. The van der Waals surface area contributed by atoms with Crippen molar-refractivity contribution in [1.82, 2.24) is 0 Å². The number of methoxy groups -OCH3 is 1. The molecule has 0 bridgehead atoms. The molecular formula is C24H21NO5. The van der Waals surface area contributed by atoms with E-state index in [2.05, 4.69) is 5.32 Å². The van der Waals surface area contributed by atoms with Crippen molar-refractivity contribution in [2.24, 2.45) is 0 Å². The fraction of sp³-hybridized carbons (Fsp3) is 0.167. The van der Waals surface area contributed by atoms with Gasteiger partial charge in [-0.05, 0) is 17.2 Å². The molecule has 0 fully saturated rings. The molecular weight excluding hydrogens is 382 g/mol. The Bertz CT molecular complexity index is 1070. The number of fused-ring (bicyclic) bond motifs is 1. The second-order valence-corrected chi connectivity index (χ2v) is 7.02. The number of rotatable bonds is 6. The van der Waals surface area contributed by atoms with Crippen LogP contribution in [0.15, 0.2) is 84.9 Å². The number of amides is 1. The molecule has 0 aliphatic carbocycles. The van der Waals surface area contributed by atoms with Gasteiger partial charge < -0.3 is 19.9 Å². The van der Waals surface area contributed by atoms with E-state index in [9.17, 15) is 14.7 Å². The predicted octanol–water partition coefficient (Wildman–Crippen LogP) is 3.11. The van der Waals surface area contributed by atoms with Crippen molar-refractivity contribution in [3.05, 3.63) is 102 Å². The van der Waals surface area contributed by atoms with E-state index in [4.69, 9.17) is 9.47 Å². The van der Waals surface area contributed by atoms with Gasteiger partial charge in [-0.2, -0.15) is 0 Å². The van der Waals surface area contributed by atoms with Gasteiger partial charge in [-0.25, -0.2) is 4.79 Å². The molecule has 0 saturated carbocycles. The smallest absolute Gasteiger partial charge is 0.346 e. The third-order valence-corrected chi connectivity index (χ3v) is 5.35. The van der Waals surface area contributed by atoms with E-state index in [0.717, 1.165) is 5.56 Å². The molecule has 3 aromatic rings. The maximum Gasteiger partial charge on any atom is 0.346 e. The first-order chi connectivity index (χ1) is 14.5. The van der Waals surface area contributed by atoms with Crippen molar-refractivity contribution in [3.8, 4) is 0 Å². The molecule has 0 radical (unpaired) electrons. The quantitative estimate of drug-likeness (QED) is 0.618. The number of ether oxygens (including phenoxy) is 2. The molecule has 0 aromatic heterocycles. The fourth-order valence-corrected chi connectivity index (χ4v) is 3.90. The van der Waals surface area contributed by atoms with Crippen LogP contribution in [0.4, 0.5) is 5.69 Å². The van der Waals surface area contributed by atoms with Crippen LogP contribution in [0.3, 0.4) is 0 Å². The van der Waals surface area contributed by atoms with Crippen molar-refractivity contribution in [2.45, 2.75) is 17.8 Å². The average Bonchev–Trinajstić information content (AvgIpc) is 3.06. The van der Waals surface area contributed by atoms with Gasteiger partial charge in [0.15, 0.2) is 0 Å². The molecule has 6 nitrogen and oxygen atoms in total. The first kappa shape index (κ1) is 19.8. The zero-order valence-electron chi connectivity index (χ0n) is 16.4. The Labute approximate surface area is 174 Å². The van der Waals surface area contributed by atoms with E-state index in [1.54, 1.807) is 54.6 Å². The molecule has 4 rings (SSSR count). The molecule has 6 heteroatoms. The minimum absolute atomic E-state index is 0.0252. The highest BCUT2D eigenvalue weighted by Gasteiger charge is 2.67. The average molecular weight is 403 g/mol. The van der Waals surface area contributed by atoms with Crippen molar-refractivity contribution >= 4 is 17.6 Å². The highest BCUT2D eigenvalue weighted by atomic mass is 16.6. The molecule has 3 aromatic carbocycles. The van der Waals surface area contributed by atoms with Crippen LogP contribution in [0.2, 0.25) is 0 Å². The predicted molar refractivity (Wildman–Crippen MR) is 110 cm³/mol. The van der Waals surface area contributed by atoms with Gasteiger partial charge in [0.05, 0.1) is 13.7 Å². The molecule has 30 heavy (non-hydrogen) atoms. The third kappa shape index (κ3) is 2.89. The molecule has 152 valence electrons. The van der Waals surface area contributed by atoms with Gasteiger partial charge in [0.25, 0.3) is 5.91 Å². The lowest BCUT2D eigenvalue weighted by molar-refractivity contribution is -0.220. The Morgan fingerprint density at radius 3 is 2.23 bits per heavy atom. The number of esters is 1. The summed E-state index contributed by atoms with van der Waals surface area (Å²) in [6, 6.07) is 24.4. The first-order valence-corrected chi connectivity index (χ1v) is 9.49. The highest BCUT2D eigenvalue weighted by Crippen LogP contribution is 2.51. The maximum atomic E-state index is 13.3. The summed E-state index contributed by atoms with van der Waals surface area (Å²) < 4.78 is 11.3. The minimum Gasteiger partial charge on any atom is -0.467 e. The molecule has 1 amide bonds. The number of anilines is 1. The molecule has 0 spiro atoms. The number of benzene rings is 3. The lowest BCUT2D eigenvalue weighted by Crippen LogP contribution is -2.60. The van der Waals surface area contributed by atoms with Crippen LogP contribution in [-0.2, 0) is 36.9 Å². The summed E-state index contributed by atoms with van der Waals surface area (Å²) in [5.74, 6) is -1.63. The third-order valence-electron chi connectivity index (χ3n) is 5.35.